The Morgan fingerprint density at radius 1 is 1.15 bits per heavy atom. The Bertz CT molecular complexity index is 821. The molecule has 2 aromatic rings. The van der Waals surface area contributed by atoms with Crippen molar-refractivity contribution in [2.24, 2.45) is 4.99 Å². The van der Waals surface area contributed by atoms with Gasteiger partial charge in [-0.05, 0) is 60.7 Å². The normalized spacial score (nSPS) is 18.3. The van der Waals surface area contributed by atoms with Crippen molar-refractivity contribution >= 4 is 51.7 Å². The molecule has 26 heavy (non-hydrogen) atoms. The number of unbranched alkanes of at least 4 members (excludes halogenated alkanes) is 1. The maximum absolute atomic E-state index is 12.3. The second-order valence-corrected chi connectivity index (χ2v) is 8.26. The minimum Gasteiger partial charge on any atom is -0.304 e. The minimum atomic E-state index is -0.256. The molecule has 1 heterocycles. The molecule has 1 aliphatic rings. The number of nitrogens with one attached hydrogen (secondary N) is 1. The van der Waals surface area contributed by atoms with Gasteiger partial charge in [-0.25, -0.2) is 4.99 Å². The Morgan fingerprint density at radius 3 is 2.65 bits per heavy atom. The van der Waals surface area contributed by atoms with E-state index in [-0.39, 0.29) is 11.2 Å². The Hall–Kier alpha value is -1.49. The molecular formula is C20H20Cl2N2OS. The molecule has 1 amide bonds. The van der Waals surface area contributed by atoms with Gasteiger partial charge >= 0.3 is 0 Å². The van der Waals surface area contributed by atoms with Crippen LogP contribution >= 0.6 is 35.0 Å². The molecule has 0 aromatic heterocycles. The number of aliphatic imine (C=N–C) groups is 1. The van der Waals surface area contributed by atoms with Crippen LogP contribution in [0.15, 0.2) is 47.5 Å². The smallest absolute Gasteiger partial charge is 0.239 e. The van der Waals surface area contributed by atoms with E-state index in [0.29, 0.717) is 21.6 Å². The van der Waals surface area contributed by atoms with E-state index in [0.717, 1.165) is 17.7 Å². The number of amidine groups is 1. The molecule has 0 aliphatic carbocycles. The number of carbonyl (C=O) groups is 1. The Labute approximate surface area is 168 Å². The first kappa shape index (κ1) is 19.3. The number of rotatable bonds is 6. The SMILES string of the molecule is CCCCc1ccc(N=C2NC(=O)C(Cc3cc(Cl)ccc3Cl)S2)cc1. The van der Waals surface area contributed by atoms with Crippen molar-refractivity contribution < 1.29 is 4.79 Å². The van der Waals surface area contributed by atoms with Gasteiger partial charge in [0.15, 0.2) is 5.17 Å². The fourth-order valence-electron chi connectivity index (χ4n) is 2.73. The predicted octanol–water partition coefficient (Wildman–Crippen LogP) is 5.80. The van der Waals surface area contributed by atoms with Crippen LogP contribution in [-0.4, -0.2) is 16.3 Å². The first-order valence-corrected chi connectivity index (χ1v) is 10.3. The van der Waals surface area contributed by atoms with Crippen molar-refractivity contribution in [3.63, 3.8) is 0 Å². The molecule has 1 aliphatic heterocycles. The van der Waals surface area contributed by atoms with Gasteiger partial charge < -0.3 is 5.32 Å². The van der Waals surface area contributed by atoms with Gasteiger partial charge in [0.25, 0.3) is 0 Å². The number of thioether (sulfide) groups is 1. The van der Waals surface area contributed by atoms with Gasteiger partial charge in [-0.15, -0.1) is 0 Å². The highest BCUT2D eigenvalue weighted by Gasteiger charge is 2.30. The molecule has 2 aromatic carbocycles. The summed E-state index contributed by atoms with van der Waals surface area (Å²) in [6, 6.07) is 13.5. The fraction of sp³-hybridized carbons (Fsp3) is 0.300. The number of benzene rings is 2. The summed E-state index contributed by atoms with van der Waals surface area (Å²) < 4.78 is 0. The molecule has 0 radical (unpaired) electrons. The highest BCUT2D eigenvalue weighted by Crippen LogP contribution is 2.29. The first-order chi connectivity index (χ1) is 12.5. The van der Waals surface area contributed by atoms with Crippen LogP contribution in [0.5, 0.6) is 0 Å². The average molecular weight is 407 g/mol. The van der Waals surface area contributed by atoms with Crippen LogP contribution in [0.4, 0.5) is 5.69 Å². The topological polar surface area (TPSA) is 41.5 Å². The third-order valence-corrected chi connectivity index (χ3v) is 5.86. The van der Waals surface area contributed by atoms with Crippen molar-refractivity contribution in [3.8, 4) is 0 Å². The van der Waals surface area contributed by atoms with E-state index in [1.165, 1.54) is 30.2 Å². The van der Waals surface area contributed by atoms with Crippen LogP contribution in [0.25, 0.3) is 0 Å². The first-order valence-electron chi connectivity index (χ1n) is 8.64. The second kappa shape index (κ2) is 8.94. The summed E-state index contributed by atoms with van der Waals surface area (Å²) in [7, 11) is 0. The van der Waals surface area contributed by atoms with E-state index in [9.17, 15) is 4.79 Å². The van der Waals surface area contributed by atoms with Crippen molar-refractivity contribution in [1.82, 2.24) is 5.32 Å². The zero-order valence-corrected chi connectivity index (χ0v) is 16.8. The van der Waals surface area contributed by atoms with Crippen molar-refractivity contribution in [2.45, 2.75) is 37.9 Å². The molecule has 1 N–H and O–H groups in total. The summed E-state index contributed by atoms with van der Waals surface area (Å²) in [5.41, 5.74) is 3.02. The summed E-state index contributed by atoms with van der Waals surface area (Å²) in [6.45, 7) is 2.19. The van der Waals surface area contributed by atoms with Crippen LogP contribution in [0, 0.1) is 0 Å². The molecule has 1 unspecified atom stereocenters. The maximum Gasteiger partial charge on any atom is 0.239 e. The van der Waals surface area contributed by atoms with Crippen molar-refractivity contribution in [1.29, 1.82) is 0 Å². The lowest BCUT2D eigenvalue weighted by atomic mass is 10.1. The van der Waals surface area contributed by atoms with Crippen LogP contribution in [0.1, 0.15) is 30.9 Å². The minimum absolute atomic E-state index is 0.0515. The third kappa shape index (κ3) is 5.03. The molecule has 1 fully saturated rings. The fourth-order valence-corrected chi connectivity index (χ4v) is 4.13. The molecule has 3 nitrogen and oxygen atoms in total. The van der Waals surface area contributed by atoms with E-state index in [4.69, 9.17) is 23.2 Å². The number of amides is 1. The molecule has 1 atom stereocenters. The van der Waals surface area contributed by atoms with Gasteiger partial charge in [0.05, 0.1) is 10.9 Å². The second-order valence-electron chi connectivity index (χ2n) is 6.22. The van der Waals surface area contributed by atoms with Gasteiger partial charge in [0, 0.05) is 10.0 Å². The molecule has 0 bridgehead atoms. The van der Waals surface area contributed by atoms with Gasteiger partial charge in [-0.1, -0.05) is 60.4 Å². The number of carbonyl (C=O) groups excluding carboxylic acids is 1. The molecule has 3 rings (SSSR count). The van der Waals surface area contributed by atoms with Gasteiger partial charge in [-0.3, -0.25) is 4.79 Å². The Morgan fingerprint density at radius 2 is 1.92 bits per heavy atom. The predicted molar refractivity (Wildman–Crippen MR) is 112 cm³/mol. The van der Waals surface area contributed by atoms with Gasteiger partial charge in [-0.2, -0.15) is 0 Å². The van der Waals surface area contributed by atoms with Crippen LogP contribution < -0.4 is 5.32 Å². The van der Waals surface area contributed by atoms with Gasteiger partial charge in [0.2, 0.25) is 5.91 Å². The monoisotopic (exact) mass is 406 g/mol. The van der Waals surface area contributed by atoms with E-state index in [1.54, 1.807) is 12.1 Å². The standard InChI is InChI=1S/C20H20Cl2N2OS/c1-2-3-4-13-5-8-16(9-6-13)23-20-24-19(25)18(26-20)12-14-11-15(21)7-10-17(14)22/h5-11,18H,2-4,12H2,1H3,(H,23,24,25). The van der Waals surface area contributed by atoms with Crippen LogP contribution in [0.2, 0.25) is 10.0 Å². The lowest BCUT2D eigenvalue weighted by Gasteiger charge is -2.07. The summed E-state index contributed by atoms with van der Waals surface area (Å²) in [6.07, 6.45) is 3.98. The molecule has 1 saturated heterocycles. The number of nitrogens with zero attached hydrogens (tertiary/aromatic N) is 1. The zero-order chi connectivity index (χ0) is 18.5. The number of hydrogen-bond donors (Lipinski definition) is 1. The Kier molecular flexibility index (Phi) is 6.63. The Balaban J connectivity index is 1.67. The van der Waals surface area contributed by atoms with Gasteiger partial charge in [0.1, 0.15) is 0 Å². The molecule has 136 valence electrons. The van der Waals surface area contributed by atoms with E-state index in [2.05, 4.69) is 29.4 Å². The lowest BCUT2D eigenvalue weighted by Crippen LogP contribution is -2.26. The molecular weight excluding hydrogens is 387 g/mol. The quantitative estimate of drug-likeness (QED) is 0.658. The molecule has 0 saturated carbocycles. The van der Waals surface area contributed by atoms with E-state index in [1.807, 2.05) is 18.2 Å². The largest absolute Gasteiger partial charge is 0.304 e. The summed E-state index contributed by atoms with van der Waals surface area (Å²) in [5, 5.41) is 4.46. The van der Waals surface area contributed by atoms with Crippen molar-refractivity contribution in [2.75, 3.05) is 0 Å². The highest BCUT2D eigenvalue weighted by molar-refractivity contribution is 8.15. The highest BCUT2D eigenvalue weighted by atomic mass is 35.5. The van der Waals surface area contributed by atoms with Crippen LogP contribution in [-0.2, 0) is 17.6 Å². The van der Waals surface area contributed by atoms with Crippen molar-refractivity contribution in [3.05, 3.63) is 63.6 Å². The third-order valence-electron chi connectivity index (χ3n) is 4.18. The lowest BCUT2D eigenvalue weighted by molar-refractivity contribution is -0.118. The number of halogens is 2. The number of aryl methyl sites for hydroxylation is 1. The maximum atomic E-state index is 12.3. The van der Waals surface area contributed by atoms with Crippen LogP contribution in [0.3, 0.4) is 0 Å². The summed E-state index contributed by atoms with van der Waals surface area (Å²) in [5.74, 6) is -0.0515. The van der Waals surface area contributed by atoms with E-state index >= 15 is 0 Å². The molecule has 6 heteroatoms. The zero-order valence-electron chi connectivity index (χ0n) is 14.5. The summed E-state index contributed by atoms with van der Waals surface area (Å²) in [4.78, 5) is 16.8. The summed E-state index contributed by atoms with van der Waals surface area (Å²) >= 11 is 13.7. The number of hydrogen-bond acceptors (Lipinski definition) is 3. The van der Waals surface area contributed by atoms with E-state index < -0.39 is 0 Å². The average Bonchev–Trinajstić information content (AvgIpc) is 2.96. The molecule has 0 spiro atoms.